The van der Waals surface area contributed by atoms with Crippen molar-refractivity contribution in [1.29, 1.82) is 0 Å². The summed E-state index contributed by atoms with van der Waals surface area (Å²) in [6.07, 6.45) is 1.61. The van der Waals surface area contributed by atoms with E-state index in [0.717, 1.165) is 16.5 Å². The van der Waals surface area contributed by atoms with Gasteiger partial charge in [0, 0.05) is 29.8 Å². The van der Waals surface area contributed by atoms with Crippen LogP contribution in [0.1, 0.15) is 15.9 Å². The zero-order valence-corrected chi connectivity index (χ0v) is 8.61. The van der Waals surface area contributed by atoms with Crippen LogP contribution in [0, 0.1) is 6.92 Å². The van der Waals surface area contributed by atoms with E-state index in [1.54, 1.807) is 16.8 Å². The molecule has 4 nitrogen and oxygen atoms in total. The lowest BCUT2D eigenvalue weighted by atomic mass is 10.1. The number of nitrogens with zero attached hydrogens (tertiary/aromatic N) is 1. The van der Waals surface area contributed by atoms with Gasteiger partial charge in [0.15, 0.2) is 0 Å². The monoisotopic (exact) mass is 204 g/mol. The molecule has 1 aromatic heterocycles. The average molecular weight is 204 g/mol. The van der Waals surface area contributed by atoms with Crippen molar-refractivity contribution in [2.45, 2.75) is 6.92 Å². The van der Waals surface area contributed by atoms with Gasteiger partial charge < -0.3 is 15.4 Å². The minimum absolute atomic E-state index is 0.303. The summed E-state index contributed by atoms with van der Waals surface area (Å²) in [5.74, 6) is -0.922. The minimum atomic E-state index is -0.922. The number of nitrogen functional groups attached to an aromatic ring is 1. The van der Waals surface area contributed by atoms with Gasteiger partial charge in [-0.1, -0.05) is 0 Å². The Labute approximate surface area is 86.9 Å². The number of benzene rings is 1. The van der Waals surface area contributed by atoms with Crippen molar-refractivity contribution < 1.29 is 9.90 Å². The largest absolute Gasteiger partial charge is 0.478 e. The second-order valence-corrected chi connectivity index (χ2v) is 3.63. The van der Waals surface area contributed by atoms with Crippen LogP contribution in [0.25, 0.3) is 10.9 Å². The van der Waals surface area contributed by atoms with Gasteiger partial charge in [-0.05, 0) is 24.6 Å². The van der Waals surface area contributed by atoms with Gasteiger partial charge in [0.05, 0.1) is 5.56 Å². The molecule has 0 bridgehead atoms. The number of carboxylic acids is 1. The number of fused-ring (bicyclic) bond motifs is 1. The summed E-state index contributed by atoms with van der Waals surface area (Å²) in [5.41, 5.74) is 8.40. The molecule has 15 heavy (non-hydrogen) atoms. The molecule has 0 unspecified atom stereocenters. The van der Waals surface area contributed by atoms with E-state index in [2.05, 4.69) is 0 Å². The highest BCUT2D eigenvalue weighted by atomic mass is 16.4. The number of carbonyl (C=O) groups is 1. The van der Waals surface area contributed by atoms with Crippen LogP contribution in [-0.4, -0.2) is 15.6 Å². The van der Waals surface area contributed by atoms with Gasteiger partial charge >= 0.3 is 5.97 Å². The summed E-state index contributed by atoms with van der Waals surface area (Å²) < 4.78 is 1.80. The molecule has 1 aromatic carbocycles. The first-order valence-electron chi connectivity index (χ1n) is 4.59. The fraction of sp³-hybridized carbons (Fsp3) is 0.182. The van der Waals surface area contributed by atoms with Crippen LogP contribution in [0.4, 0.5) is 5.69 Å². The van der Waals surface area contributed by atoms with Crippen molar-refractivity contribution in [2.75, 3.05) is 5.73 Å². The number of nitrogens with two attached hydrogens (primary N) is 1. The summed E-state index contributed by atoms with van der Waals surface area (Å²) >= 11 is 0. The molecular weight excluding hydrogens is 192 g/mol. The van der Waals surface area contributed by atoms with Crippen LogP contribution in [0.5, 0.6) is 0 Å². The molecule has 0 atom stereocenters. The van der Waals surface area contributed by atoms with E-state index in [1.165, 1.54) is 0 Å². The second-order valence-electron chi connectivity index (χ2n) is 3.63. The first-order chi connectivity index (χ1) is 7.02. The molecule has 0 saturated heterocycles. The Bertz CT molecular complexity index is 555. The first kappa shape index (κ1) is 9.58. The van der Waals surface area contributed by atoms with Gasteiger partial charge in [-0.15, -0.1) is 0 Å². The van der Waals surface area contributed by atoms with Gasteiger partial charge in [0.1, 0.15) is 0 Å². The molecule has 0 aliphatic carbocycles. The molecule has 0 aliphatic rings. The van der Waals surface area contributed by atoms with Crippen molar-refractivity contribution >= 4 is 22.6 Å². The molecule has 0 aliphatic heterocycles. The third-order valence-electron chi connectivity index (χ3n) is 2.69. The molecule has 0 radical (unpaired) electrons. The minimum Gasteiger partial charge on any atom is -0.478 e. The summed E-state index contributed by atoms with van der Waals surface area (Å²) in [7, 11) is 1.82. The maximum atomic E-state index is 11.0. The molecule has 2 aromatic rings. The van der Waals surface area contributed by atoms with E-state index >= 15 is 0 Å². The zero-order valence-electron chi connectivity index (χ0n) is 8.61. The van der Waals surface area contributed by atoms with Crippen LogP contribution < -0.4 is 5.73 Å². The van der Waals surface area contributed by atoms with Gasteiger partial charge in [0.25, 0.3) is 0 Å². The quantitative estimate of drug-likeness (QED) is 0.695. The zero-order chi connectivity index (χ0) is 11.2. The second kappa shape index (κ2) is 3.02. The molecule has 0 spiro atoms. The van der Waals surface area contributed by atoms with Crippen molar-refractivity contribution in [3.05, 3.63) is 29.5 Å². The molecule has 78 valence electrons. The van der Waals surface area contributed by atoms with Crippen molar-refractivity contribution in [3.63, 3.8) is 0 Å². The SMILES string of the molecule is Cc1c(N)ccc2c1c(C(=O)O)cn2C. The first-order valence-corrected chi connectivity index (χ1v) is 4.59. The number of hydrogen-bond donors (Lipinski definition) is 2. The molecule has 0 saturated carbocycles. The third-order valence-corrected chi connectivity index (χ3v) is 2.69. The standard InChI is InChI=1S/C11H12N2O2/c1-6-8(12)3-4-9-10(6)7(11(14)15)5-13(9)2/h3-5H,12H2,1-2H3,(H,14,15). The highest BCUT2D eigenvalue weighted by Crippen LogP contribution is 2.27. The Morgan fingerprint density at radius 1 is 1.47 bits per heavy atom. The van der Waals surface area contributed by atoms with Crippen LogP contribution in [-0.2, 0) is 7.05 Å². The number of aromatic nitrogens is 1. The molecule has 4 heteroatoms. The van der Waals surface area contributed by atoms with Crippen LogP contribution in [0.3, 0.4) is 0 Å². The van der Waals surface area contributed by atoms with Gasteiger partial charge in [-0.3, -0.25) is 0 Å². The lowest BCUT2D eigenvalue weighted by Gasteiger charge is -2.03. The van der Waals surface area contributed by atoms with Crippen molar-refractivity contribution in [3.8, 4) is 0 Å². The average Bonchev–Trinajstić information content (AvgIpc) is 2.50. The Hall–Kier alpha value is -1.97. The highest BCUT2D eigenvalue weighted by molar-refractivity contribution is 6.06. The number of aryl methyl sites for hydroxylation is 2. The fourth-order valence-electron chi connectivity index (χ4n) is 1.84. The van der Waals surface area contributed by atoms with E-state index in [4.69, 9.17) is 10.8 Å². The van der Waals surface area contributed by atoms with E-state index in [9.17, 15) is 4.79 Å². The van der Waals surface area contributed by atoms with E-state index in [0.29, 0.717) is 11.3 Å². The van der Waals surface area contributed by atoms with Crippen LogP contribution >= 0.6 is 0 Å². The van der Waals surface area contributed by atoms with E-state index in [1.807, 2.05) is 20.0 Å². The maximum Gasteiger partial charge on any atom is 0.337 e. The maximum absolute atomic E-state index is 11.0. The van der Waals surface area contributed by atoms with Crippen LogP contribution in [0.15, 0.2) is 18.3 Å². The lowest BCUT2D eigenvalue weighted by Crippen LogP contribution is -1.96. The van der Waals surface area contributed by atoms with Crippen LogP contribution in [0.2, 0.25) is 0 Å². The van der Waals surface area contributed by atoms with E-state index in [-0.39, 0.29) is 0 Å². The molecule has 0 fully saturated rings. The number of hydrogen-bond acceptors (Lipinski definition) is 2. The topological polar surface area (TPSA) is 68.2 Å². The molecule has 2 rings (SSSR count). The van der Waals surface area contributed by atoms with E-state index < -0.39 is 5.97 Å². The molecular formula is C11H12N2O2. The predicted octanol–water partition coefficient (Wildman–Crippen LogP) is 1.77. The highest BCUT2D eigenvalue weighted by Gasteiger charge is 2.15. The van der Waals surface area contributed by atoms with Gasteiger partial charge in [-0.2, -0.15) is 0 Å². The number of carboxylic acid groups (broad SMARTS) is 1. The van der Waals surface area contributed by atoms with Gasteiger partial charge in [0.2, 0.25) is 0 Å². The Balaban J connectivity index is 2.95. The van der Waals surface area contributed by atoms with Crippen molar-refractivity contribution in [1.82, 2.24) is 4.57 Å². The number of aromatic carboxylic acids is 1. The predicted molar refractivity (Wildman–Crippen MR) is 59.0 cm³/mol. The molecule has 3 N–H and O–H groups in total. The Morgan fingerprint density at radius 2 is 2.13 bits per heavy atom. The smallest absolute Gasteiger partial charge is 0.337 e. The fourth-order valence-corrected chi connectivity index (χ4v) is 1.84. The van der Waals surface area contributed by atoms with Crippen molar-refractivity contribution in [2.24, 2.45) is 7.05 Å². The normalized spacial score (nSPS) is 10.8. The number of rotatable bonds is 1. The third kappa shape index (κ3) is 1.26. The lowest BCUT2D eigenvalue weighted by molar-refractivity contribution is 0.0699. The summed E-state index contributed by atoms with van der Waals surface area (Å²) in [6.45, 7) is 1.84. The summed E-state index contributed by atoms with van der Waals surface area (Å²) in [6, 6.07) is 3.63. The Kier molecular flexibility index (Phi) is 1.93. The summed E-state index contributed by atoms with van der Waals surface area (Å²) in [4.78, 5) is 11.0. The number of anilines is 1. The Morgan fingerprint density at radius 3 is 2.73 bits per heavy atom. The summed E-state index contributed by atoms with van der Waals surface area (Å²) in [5, 5.41) is 9.78. The molecule has 1 heterocycles. The van der Waals surface area contributed by atoms with Gasteiger partial charge in [-0.25, -0.2) is 4.79 Å². The molecule has 0 amide bonds.